The van der Waals surface area contributed by atoms with Gasteiger partial charge in [-0.2, -0.15) is 0 Å². The van der Waals surface area contributed by atoms with Gasteiger partial charge in [0, 0.05) is 31.2 Å². The van der Waals surface area contributed by atoms with Crippen molar-refractivity contribution in [1.82, 2.24) is 10.6 Å². The summed E-state index contributed by atoms with van der Waals surface area (Å²) >= 11 is 0. The maximum Gasteiger partial charge on any atom is 0.319 e. The lowest BCUT2D eigenvalue weighted by Crippen LogP contribution is -2.45. The Morgan fingerprint density at radius 2 is 1.71 bits per heavy atom. The van der Waals surface area contributed by atoms with E-state index in [4.69, 9.17) is 4.74 Å². The van der Waals surface area contributed by atoms with Crippen LogP contribution in [0.4, 0.5) is 16.2 Å². The van der Waals surface area contributed by atoms with E-state index < -0.39 is 6.04 Å². The van der Waals surface area contributed by atoms with Crippen molar-refractivity contribution in [3.8, 4) is 5.75 Å². The second kappa shape index (κ2) is 8.04. The van der Waals surface area contributed by atoms with Gasteiger partial charge >= 0.3 is 6.03 Å². The van der Waals surface area contributed by atoms with Gasteiger partial charge in [-0.1, -0.05) is 12.1 Å². The lowest BCUT2D eigenvalue weighted by molar-refractivity contribution is -0.113. The number of ether oxygens (including phenoxy) is 1. The second-order valence-corrected chi connectivity index (χ2v) is 6.74. The highest BCUT2D eigenvalue weighted by Crippen LogP contribution is 2.29. The molecular weight excluding hydrogens is 356 g/mol. The predicted octanol–water partition coefficient (Wildman–Crippen LogP) is 3.03. The van der Waals surface area contributed by atoms with E-state index in [1.54, 1.807) is 38.3 Å². The zero-order valence-electron chi connectivity index (χ0n) is 16.4. The number of hydrogen-bond donors (Lipinski definition) is 3. The summed E-state index contributed by atoms with van der Waals surface area (Å²) in [6.07, 6.45) is 0. The summed E-state index contributed by atoms with van der Waals surface area (Å²) in [6.45, 7) is 1.73. The molecular formula is C21H24N4O3. The minimum absolute atomic E-state index is 0.281. The van der Waals surface area contributed by atoms with Gasteiger partial charge in [-0.15, -0.1) is 0 Å². The highest BCUT2D eigenvalue weighted by Gasteiger charge is 2.31. The number of rotatable bonds is 5. The monoisotopic (exact) mass is 380 g/mol. The maximum absolute atomic E-state index is 13.0. The number of urea groups is 1. The van der Waals surface area contributed by atoms with Gasteiger partial charge in [0.1, 0.15) is 5.75 Å². The number of carbonyl (C=O) groups is 2. The SMILES string of the molecule is COc1ccc(NC(=O)C2=C(C)NC(=O)N[C@H]2c2ccc(N(C)C)cc2)cc1. The molecule has 0 unspecified atom stereocenters. The molecule has 146 valence electrons. The number of allylic oxidation sites excluding steroid dienone is 1. The number of nitrogens with zero attached hydrogens (tertiary/aromatic N) is 1. The van der Waals surface area contributed by atoms with Gasteiger partial charge < -0.3 is 25.6 Å². The van der Waals surface area contributed by atoms with Crippen LogP contribution in [0, 0.1) is 0 Å². The third-order valence-electron chi connectivity index (χ3n) is 4.60. The largest absolute Gasteiger partial charge is 0.497 e. The van der Waals surface area contributed by atoms with Crippen LogP contribution in [-0.2, 0) is 4.79 Å². The van der Waals surface area contributed by atoms with E-state index in [1.807, 2.05) is 43.3 Å². The summed E-state index contributed by atoms with van der Waals surface area (Å²) in [5.41, 5.74) is 3.50. The molecule has 3 amide bonds. The number of carbonyl (C=O) groups excluding carboxylic acids is 2. The highest BCUT2D eigenvalue weighted by molar-refractivity contribution is 6.06. The molecule has 28 heavy (non-hydrogen) atoms. The molecule has 0 saturated carbocycles. The molecule has 1 heterocycles. The Hall–Kier alpha value is -3.48. The van der Waals surface area contributed by atoms with Crippen molar-refractivity contribution in [3.05, 3.63) is 65.4 Å². The van der Waals surface area contributed by atoms with Crippen LogP contribution in [0.5, 0.6) is 5.75 Å². The lowest BCUT2D eigenvalue weighted by Gasteiger charge is -2.29. The van der Waals surface area contributed by atoms with E-state index in [2.05, 4.69) is 16.0 Å². The molecule has 0 radical (unpaired) electrons. The summed E-state index contributed by atoms with van der Waals surface area (Å²) < 4.78 is 5.14. The van der Waals surface area contributed by atoms with Crippen molar-refractivity contribution in [3.63, 3.8) is 0 Å². The molecule has 7 heteroatoms. The molecule has 3 N–H and O–H groups in total. The smallest absolute Gasteiger partial charge is 0.319 e. The molecule has 0 saturated heterocycles. The topological polar surface area (TPSA) is 82.7 Å². The quantitative estimate of drug-likeness (QED) is 0.745. The first-order chi connectivity index (χ1) is 13.4. The summed E-state index contributed by atoms with van der Waals surface area (Å²) in [6, 6.07) is 14.0. The van der Waals surface area contributed by atoms with Crippen LogP contribution in [0.1, 0.15) is 18.5 Å². The van der Waals surface area contributed by atoms with Crippen LogP contribution in [0.2, 0.25) is 0 Å². The van der Waals surface area contributed by atoms with Gasteiger partial charge in [0.05, 0.1) is 18.7 Å². The fourth-order valence-electron chi connectivity index (χ4n) is 3.08. The third-order valence-corrected chi connectivity index (χ3v) is 4.60. The molecule has 0 aliphatic carbocycles. The van der Waals surface area contributed by atoms with Crippen molar-refractivity contribution in [2.24, 2.45) is 0 Å². The average Bonchev–Trinajstić information content (AvgIpc) is 2.68. The minimum Gasteiger partial charge on any atom is -0.497 e. The molecule has 2 aromatic rings. The molecule has 0 spiro atoms. The van der Waals surface area contributed by atoms with Gasteiger partial charge in [0.2, 0.25) is 0 Å². The van der Waals surface area contributed by atoms with Crippen molar-refractivity contribution >= 4 is 23.3 Å². The van der Waals surface area contributed by atoms with Gasteiger partial charge in [0.25, 0.3) is 5.91 Å². The first-order valence-corrected chi connectivity index (χ1v) is 8.90. The minimum atomic E-state index is -0.539. The van der Waals surface area contributed by atoms with Crippen LogP contribution in [0.25, 0.3) is 0 Å². The Labute approximate surface area is 164 Å². The summed E-state index contributed by atoms with van der Waals surface area (Å²) in [7, 11) is 5.50. The summed E-state index contributed by atoms with van der Waals surface area (Å²) in [4.78, 5) is 27.0. The number of benzene rings is 2. The number of amides is 3. The van der Waals surface area contributed by atoms with E-state index in [1.165, 1.54) is 0 Å². The van der Waals surface area contributed by atoms with E-state index in [9.17, 15) is 9.59 Å². The fraction of sp³-hybridized carbons (Fsp3) is 0.238. The molecule has 0 bridgehead atoms. The van der Waals surface area contributed by atoms with Crippen molar-refractivity contribution in [2.45, 2.75) is 13.0 Å². The zero-order chi connectivity index (χ0) is 20.3. The van der Waals surface area contributed by atoms with Crippen molar-refractivity contribution < 1.29 is 14.3 Å². The third kappa shape index (κ3) is 4.09. The molecule has 1 aliphatic rings. The van der Waals surface area contributed by atoms with Gasteiger partial charge in [-0.05, 0) is 48.9 Å². The van der Waals surface area contributed by atoms with Crippen LogP contribution in [-0.4, -0.2) is 33.1 Å². The van der Waals surface area contributed by atoms with E-state index >= 15 is 0 Å². The molecule has 1 atom stereocenters. The van der Waals surface area contributed by atoms with Crippen molar-refractivity contribution in [2.75, 3.05) is 31.4 Å². The van der Waals surface area contributed by atoms with Crippen molar-refractivity contribution in [1.29, 1.82) is 0 Å². The Balaban J connectivity index is 1.89. The maximum atomic E-state index is 13.0. The van der Waals surface area contributed by atoms with E-state index in [-0.39, 0.29) is 11.9 Å². The second-order valence-electron chi connectivity index (χ2n) is 6.74. The molecule has 1 aliphatic heterocycles. The molecule has 0 aromatic heterocycles. The van der Waals surface area contributed by atoms with Crippen LogP contribution in [0.15, 0.2) is 59.8 Å². The molecule has 0 fully saturated rings. The molecule has 2 aromatic carbocycles. The number of methoxy groups -OCH3 is 1. The Morgan fingerprint density at radius 3 is 2.29 bits per heavy atom. The number of nitrogens with one attached hydrogen (secondary N) is 3. The normalized spacial score (nSPS) is 16.1. The van der Waals surface area contributed by atoms with Gasteiger partial charge in [-0.3, -0.25) is 4.79 Å². The fourth-order valence-corrected chi connectivity index (χ4v) is 3.08. The van der Waals surface area contributed by atoms with E-state index in [0.717, 1.165) is 11.3 Å². The summed E-state index contributed by atoms with van der Waals surface area (Å²) in [5.74, 6) is 0.427. The average molecular weight is 380 g/mol. The Kier molecular flexibility index (Phi) is 5.54. The van der Waals surface area contributed by atoms with Gasteiger partial charge in [-0.25, -0.2) is 4.79 Å². The first-order valence-electron chi connectivity index (χ1n) is 8.90. The number of hydrogen-bond acceptors (Lipinski definition) is 4. The predicted molar refractivity (Wildman–Crippen MR) is 110 cm³/mol. The van der Waals surface area contributed by atoms with Gasteiger partial charge in [0.15, 0.2) is 0 Å². The lowest BCUT2D eigenvalue weighted by atomic mass is 9.94. The molecule has 7 nitrogen and oxygen atoms in total. The Morgan fingerprint density at radius 1 is 1.07 bits per heavy atom. The first kappa shape index (κ1) is 19.3. The Bertz CT molecular complexity index is 902. The molecule has 3 rings (SSSR count). The standard InChI is InChI=1S/C21H24N4O3/c1-13-18(20(26)23-15-7-11-17(28-4)12-8-15)19(24-21(27)22-13)14-5-9-16(10-6-14)25(2)3/h5-12,19H,1-4H3,(H,23,26)(H2,22,24,27)/t19-/m0/s1. The van der Waals surface area contributed by atoms with Crippen LogP contribution < -0.4 is 25.6 Å². The van der Waals surface area contributed by atoms with Crippen LogP contribution >= 0.6 is 0 Å². The highest BCUT2D eigenvalue weighted by atomic mass is 16.5. The van der Waals surface area contributed by atoms with E-state index in [0.29, 0.717) is 22.7 Å². The zero-order valence-corrected chi connectivity index (χ0v) is 16.4. The number of anilines is 2. The summed E-state index contributed by atoms with van der Waals surface area (Å²) in [5, 5.41) is 8.41. The van der Waals surface area contributed by atoms with Crippen LogP contribution in [0.3, 0.4) is 0 Å².